The van der Waals surface area contributed by atoms with Gasteiger partial charge in [-0.25, -0.2) is 0 Å². The van der Waals surface area contributed by atoms with Crippen molar-refractivity contribution in [3.8, 4) is 0 Å². The minimum absolute atomic E-state index is 0.131. The summed E-state index contributed by atoms with van der Waals surface area (Å²) in [7, 11) is 1.74. The van der Waals surface area contributed by atoms with E-state index in [1.807, 2.05) is 0 Å². The van der Waals surface area contributed by atoms with Crippen LogP contribution in [0, 0.1) is 11.8 Å². The Labute approximate surface area is 112 Å². The van der Waals surface area contributed by atoms with E-state index in [0.717, 1.165) is 19.3 Å². The lowest BCUT2D eigenvalue weighted by Gasteiger charge is -2.38. The van der Waals surface area contributed by atoms with Crippen molar-refractivity contribution < 1.29 is 13.2 Å². The van der Waals surface area contributed by atoms with Gasteiger partial charge in [0.05, 0.1) is 4.99 Å². The SMILES string of the molecule is CC1CCCCC1N(C)CC(C(N)=S)C(F)(F)F. The first-order valence-corrected chi connectivity index (χ1v) is 6.70. The van der Waals surface area contributed by atoms with Gasteiger partial charge in [0.25, 0.3) is 0 Å². The van der Waals surface area contributed by atoms with Crippen LogP contribution in [-0.2, 0) is 0 Å². The van der Waals surface area contributed by atoms with Gasteiger partial charge in [0.15, 0.2) is 0 Å². The molecule has 1 aliphatic rings. The van der Waals surface area contributed by atoms with E-state index >= 15 is 0 Å². The molecule has 1 saturated carbocycles. The fourth-order valence-corrected chi connectivity index (χ4v) is 2.94. The molecule has 0 aromatic heterocycles. The highest BCUT2D eigenvalue weighted by atomic mass is 32.1. The van der Waals surface area contributed by atoms with Crippen molar-refractivity contribution in [2.45, 2.75) is 44.8 Å². The van der Waals surface area contributed by atoms with Crippen molar-refractivity contribution in [3.05, 3.63) is 0 Å². The first-order valence-electron chi connectivity index (χ1n) is 6.29. The molecule has 0 spiro atoms. The van der Waals surface area contributed by atoms with Crippen LogP contribution in [0.1, 0.15) is 32.6 Å². The molecule has 3 unspecified atom stereocenters. The summed E-state index contributed by atoms with van der Waals surface area (Å²) >= 11 is 4.55. The highest BCUT2D eigenvalue weighted by Crippen LogP contribution is 2.31. The summed E-state index contributed by atoms with van der Waals surface area (Å²) < 4.78 is 38.4. The van der Waals surface area contributed by atoms with Crippen LogP contribution in [0.5, 0.6) is 0 Å². The fourth-order valence-electron chi connectivity index (χ4n) is 2.73. The van der Waals surface area contributed by atoms with Crippen LogP contribution in [0.2, 0.25) is 0 Å². The van der Waals surface area contributed by atoms with Crippen molar-refractivity contribution >= 4 is 17.2 Å². The summed E-state index contributed by atoms with van der Waals surface area (Å²) in [4.78, 5) is 1.32. The lowest BCUT2D eigenvalue weighted by molar-refractivity contribution is -0.160. The molecule has 0 bridgehead atoms. The summed E-state index contributed by atoms with van der Waals surface area (Å²) in [6.07, 6.45) is -0.0526. The molecule has 0 aliphatic heterocycles. The number of rotatable bonds is 4. The molecule has 1 rings (SSSR count). The normalized spacial score (nSPS) is 27.2. The van der Waals surface area contributed by atoms with Gasteiger partial charge in [0.1, 0.15) is 5.92 Å². The van der Waals surface area contributed by atoms with Crippen molar-refractivity contribution in [1.82, 2.24) is 4.90 Å². The molecular formula is C12H21F3N2S. The third-order valence-electron chi connectivity index (χ3n) is 3.84. The topological polar surface area (TPSA) is 29.3 Å². The Morgan fingerprint density at radius 3 is 2.39 bits per heavy atom. The first kappa shape index (κ1) is 15.7. The maximum absolute atomic E-state index is 12.8. The number of alkyl halides is 3. The van der Waals surface area contributed by atoms with Gasteiger partial charge in [-0.15, -0.1) is 0 Å². The summed E-state index contributed by atoms with van der Waals surface area (Å²) in [6, 6.07) is 0.206. The third kappa shape index (κ3) is 4.09. The van der Waals surface area contributed by atoms with E-state index < -0.39 is 17.1 Å². The Bertz CT molecular complexity index is 294. The van der Waals surface area contributed by atoms with Crippen LogP contribution in [-0.4, -0.2) is 35.7 Å². The quantitative estimate of drug-likeness (QED) is 0.804. The first-order chi connectivity index (χ1) is 8.23. The number of hydrogen-bond acceptors (Lipinski definition) is 2. The maximum Gasteiger partial charge on any atom is 0.399 e. The molecule has 0 saturated heterocycles. The second-order valence-electron chi connectivity index (χ2n) is 5.27. The monoisotopic (exact) mass is 282 g/mol. The molecule has 0 aromatic rings. The standard InChI is InChI=1S/C12H21F3N2S/c1-8-5-3-4-6-10(8)17(2)7-9(11(16)18)12(13,14)15/h8-10H,3-7H2,1-2H3,(H2,16,18). The van der Waals surface area contributed by atoms with Crippen LogP contribution in [0.15, 0.2) is 0 Å². The van der Waals surface area contributed by atoms with E-state index in [2.05, 4.69) is 19.1 Å². The molecule has 1 aliphatic carbocycles. The van der Waals surface area contributed by atoms with E-state index in [1.165, 1.54) is 6.42 Å². The lowest BCUT2D eigenvalue weighted by atomic mass is 9.84. The number of hydrogen-bond donors (Lipinski definition) is 1. The van der Waals surface area contributed by atoms with Gasteiger partial charge in [-0.05, 0) is 25.8 Å². The number of halogens is 3. The Morgan fingerprint density at radius 1 is 1.39 bits per heavy atom. The highest BCUT2D eigenvalue weighted by molar-refractivity contribution is 7.80. The number of nitrogens with zero attached hydrogens (tertiary/aromatic N) is 1. The van der Waals surface area contributed by atoms with Crippen LogP contribution in [0.25, 0.3) is 0 Å². The zero-order valence-corrected chi connectivity index (χ0v) is 11.7. The second kappa shape index (κ2) is 6.19. The van der Waals surface area contributed by atoms with Crippen molar-refractivity contribution in [3.63, 3.8) is 0 Å². The van der Waals surface area contributed by atoms with Gasteiger partial charge in [-0.2, -0.15) is 13.2 Å². The van der Waals surface area contributed by atoms with Crippen LogP contribution >= 0.6 is 12.2 Å². The minimum atomic E-state index is -4.35. The smallest absolute Gasteiger partial charge is 0.393 e. The number of thiocarbonyl (C=S) groups is 1. The van der Waals surface area contributed by atoms with Gasteiger partial charge >= 0.3 is 6.18 Å². The van der Waals surface area contributed by atoms with E-state index in [1.54, 1.807) is 11.9 Å². The Balaban J connectivity index is 2.66. The summed E-state index contributed by atoms with van der Waals surface area (Å²) in [5.41, 5.74) is 5.22. The van der Waals surface area contributed by atoms with Gasteiger partial charge in [-0.3, -0.25) is 0 Å². The zero-order chi connectivity index (χ0) is 13.9. The molecule has 2 nitrogen and oxygen atoms in total. The molecule has 106 valence electrons. The largest absolute Gasteiger partial charge is 0.399 e. The van der Waals surface area contributed by atoms with Crippen LogP contribution in [0.3, 0.4) is 0 Å². The second-order valence-corrected chi connectivity index (χ2v) is 5.74. The van der Waals surface area contributed by atoms with E-state index in [0.29, 0.717) is 5.92 Å². The van der Waals surface area contributed by atoms with Gasteiger partial charge in [-0.1, -0.05) is 32.0 Å². The molecule has 0 radical (unpaired) electrons. The molecule has 0 heterocycles. The van der Waals surface area contributed by atoms with Crippen molar-refractivity contribution in [2.24, 2.45) is 17.6 Å². The van der Waals surface area contributed by atoms with Crippen LogP contribution in [0.4, 0.5) is 13.2 Å². The number of nitrogens with two attached hydrogens (primary N) is 1. The van der Waals surface area contributed by atoms with Crippen molar-refractivity contribution in [2.75, 3.05) is 13.6 Å². The third-order valence-corrected chi connectivity index (χ3v) is 4.13. The molecule has 18 heavy (non-hydrogen) atoms. The van der Waals surface area contributed by atoms with E-state index in [9.17, 15) is 13.2 Å². The van der Waals surface area contributed by atoms with Gasteiger partial charge in [0, 0.05) is 12.6 Å². The predicted molar refractivity (Wildman–Crippen MR) is 70.4 cm³/mol. The average Bonchev–Trinajstić information content (AvgIpc) is 2.24. The average molecular weight is 282 g/mol. The lowest BCUT2D eigenvalue weighted by Crippen LogP contribution is -2.47. The van der Waals surface area contributed by atoms with E-state index in [4.69, 9.17) is 5.73 Å². The summed E-state index contributed by atoms with van der Waals surface area (Å²) in [5, 5.41) is 0. The summed E-state index contributed by atoms with van der Waals surface area (Å²) in [5.74, 6) is -1.27. The Hall–Kier alpha value is -0.360. The molecule has 6 heteroatoms. The maximum atomic E-state index is 12.8. The predicted octanol–water partition coefficient (Wildman–Crippen LogP) is 2.96. The summed E-state index contributed by atoms with van der Waals surface area (Å²) in [6.45, 7) is 1.97. The Morgan fingerprint density at radius 2 is 1.94 bits per heavy atom. The molecule has 2 N–H and O–H groups in total. The van der Waals surface area contributed by atoms with Gasteiger partial charge < -0.3 is 10.6 Å². The zero-order valence-electron chi connectivity index (χ0n) is 10.8. The van der Waals surface area contributed by atoms with Crippen LogP contribution < -0.4 is 5.73 Å². The van der Waals surface area contributed by atoms with E-state index in [-0.39, 0.29) is 12.6 Å². The molecule has 3 atom stereocenters. The van der Waals surface area contributed by atoms with Crippen molar-refractivity contribution in [1.29, 1.82) is 0 Å². The molecule has 0 aromatic carbocycles. The fraction of sp³-hybridized carbons (Fsp3) is 0.917. The highest BCUT2D eigenvalue weighted by Gasteiger charge is 2.43. The van der Waals surface area contributed by atoms with Gasteiger partial charge in [0.2, 0.25) is 0 Å². The molecular weight excluding hydrogens is 261 g/mol. The minimum Gasteiger partial charge on any atom is -0.393 e. The molecule has 0 amide bonds. The molecule has 1 fully saturated rings. The Kier molecular flexibility index (Phi) is 5.40.